The average molecular weight is 426 g/mol. The fraction of sp³-hybridized carbons (Fsp3) is 0.143. The SMILES string of the molecule is CC(C)N1C(=O)SC(=Cc2ccc(C(=O)Nc3ccc(O)cc3C(=O)O)cc2)C1=O. The number of amides is 3. The van der Waals surface area contributed by atoms with Gasteiger partial charge in [-0.05, 0) is 67.6 Å². The van der Waals surface area contributed by atoms with Gasteiger partial charge >= 0.3 is 5.97 Å². The second-order valence-corrected chi connectivity index (χ2v) is 7.75. The van der Waals surface area contributed by atoms with E-state index in [1.54, 1.807) is 32.1 Å². The van der Waals surface area contributed by atoms with Crippen molar-refractivity contribution in [2.45, 2.75) is 19.9 Å². The number of aromatic carboxylic acids is 1. The quantitative estimate of drug-likeness (QED) is 0.491. The van der Waals surface area contributed by atoms with Crippen molar-refractivity contribution in [3.8, 4) is 5.75 Å². The van der Waals surface area contributed by atoms with Crippen molar-refractivity contribution in [3.05, 3.63) is 64.1 Å². The Morgan fingerprint density at radius 1 is 1.10 bits per heavy atom. The van der Waals surface area contributed by atoms with Crippen LogP contribution in [-0.2, 0) is 4.79 Å². The molecule has 30 heavy (non-hydrogen) atoms. The molecular formula is C21H18N2O6S. The first-order valence-corrected chi connectivity index (χ1v) is 9.74. The topological polar surface area (TPSA) is 124 Å². The number of carbonyl (C=O) groups is 4. The van der Waals surface area contributed by atoms with Gasteiger partial charge in [0.1, 0.15) is 5.75 Å². The third-order valence-corrected chi connectivity index (χ3v) is 5.18. The fourth-order valence-corrected chi connectivity index (χ4v) is 3.78. The number of benzene rings is 2. The predicted molar refractivity (Wildman–Crippen MR) is 112 cm³/mol. The number of rotatable bonds is 5. The van der Waals surface area contributed by atoms with Crippen LogP contribution in [0.1, 0.15) is 40.1 Å². The molecule has 0 atom stereocenters. The summed E-state index contributed by atoms with van der Waals surface area (Å²) in [6.45, 7) is 3.52. The van der Waals surface area contributed by atoms with E-state index in [1.165, 1.54) is 29.2 Å². The summed E-state index contributed by atoms with van der Waals surface area (Å²) >= 11 is 0.866. The van der Waals surface area contributed by atoms with Crippen LogP contribution in [0.3, 0.4) is 0 Å². The number of aromatic hydroxyl groups is 1. The molecule has 3 N–H and O–H groups in total. The van der Waals surface area contributed by atoms with E-state index < -0.39 is 11.9 Å². The molecule has 1 aliphatic rings. The lowest BCUT2D eigenvalue weighted by Gasteiger charge is -2.16. The number of carbonyl (C=O) groups excluding carboxylic acids is 3. The van der Waals surface area contributed by atoms with Crippen LogP contribution < -0.4 is 5.32 Å². The second-order valence-electron chi connectivity index (χ2n) is 6.76. The van der Waals surface area contributed by atoms with Crippen molar-refractivity contribution in [1.29, 1.82) is 0 Å². The minimum Gasteiger partial charge on any atom is -0.508 e. The van der Waals surface area contributed by atoms with Gasteiger partial charge < -0.3 is 15.5 Å². The van der Waals surface area contributed by atoms with Gasteiger partial charge in [0.2, 0.25) is 0 Å². The summed E-state index contributed by atoms with van der Waals surface area (Å²) in [4.78, 5) is 49.5. The number of imide groups is 1. The third-order valence-electron chi connectivity index (χ3n) is 4.29. The summed E-state index contributed by atoms with van der Waals surface area (Å²) in [5.41, 5.74) is 0.723. The van der Waals surface area contributed by atoms with Crippen molar-refractivity contribution in [3.63, 3.8) is 0 Å². The highest BCUT2D eigenvalue weighted by Gasteiger charge is 2.36. The van der Waals surface area contributed by atoms with Gasteiger partial charge in [-0.1, -0.05) is 12.1 Å². The molecule has 1 fully saturated rings. The Labute approximate surface area is 176 Å². The lowest BCUT2D eigenvalue weighted by Crippen LogP contribution is -2.34. The first-order chi connectivity index (χ1) is 14.2. The van der Waals surface area contributed by atoms with Crippen LogP contribution in [0.4, 0.5) is 10.5 Å². The Morgan fingerprint density at radius 3 is 2.33 bits per heavy atom. The molecule has 0 saturated carbocycles. The number of phenolic OH excluding ortho intramolecular Hbond substituents is 1. The first-order valence-electron chi connectivity index (χ1n) is 8.92. The number of nitrogens with zero attached hydrogens (tertiary/aromatic N) is 1. The standard InChI is InChI=1S/C21H18N2O6S/c1-11(2)23-19(26)17(30-21(23)29)9-12-3-5-13(6-4-12)18(25)22-16-8-7-14(24)10-15(16)20(27)28/h3-11,24H,1-2H3,(H,22,25)(H,27,28). The zero-order valence-corrected chi connectivity index (χ0v) is 16.9. The van der Waals surface area contributed by atoms with E-state index in [0.29, 0.717) is 10.5 Å². The monoisotopic (exact) mass is 426 g/mol. The molecule has 9 heteroatoms. The van der Waals surface area contributed by atoms with E-state index in [1.807, 2.05) is 0 Å². The molecule has 8 nitrogen and oxygen atoms in total. The molecule has 2 aromatic carbocycles. The Balaban J connectivity index is 1.77. The fourth-order valence-electron chi connectivity index (χ4n) is 2.82. The van der Waals surface area contributed by atoms with Crippen LogP contribution in [0.15, 0.2) is 47.4 Å². The smallest absolute Gasteiger partial charge is 0.337 e. The molecule has 2 aromatic rings. The number of thioether (sulfide) groups is 1. The zero-order valence-electron chi connectivity index (χ0n) is 16.1. The Bertz CT molecular complexity index is 1080. The van der Waals surface area contributed by atoms with E-state index in [2.05, 4.69) is 5.32 Å². The summed E-state index contributed by atoms with van der Waals surface area (Å²) in [5, 5.41) is 20.8. The Kier molecular flexibility index (Phi) is 5.93. The molecule has 0 aromatic heterocycles. The molecular weight excluding hydrogens is 408 g/mol. The highest BCUT2D eigenvalue weighted by Crippen LogP contribution is 2.33. The van der Waals surface area contributed by atoms with Gasteiger partial charge in [-0.3, -0.25) is 19.3 Å². The molecule has 1 aliphatic heterocycles. The van der Waals surface area contributed by atoms with Gasteiger partial charge in [-0.25, -0.2) is 4.79 Å². The van der Waals surface area contributed by atoms with Gasteiger partial charge in [-0.2, -0.15) is 0 Å². The molecule has 154 valence electrons. The molecule has 0 radical (unpaired) electrons. The maximum Gasteiger partial charge on any atom is 0.337 e. The van der Waals surface area contributed by atoms with Crippen LogP contribution >= 0.6 is 11.8 Å². The highest BCUT2D eigenvalue weighted by molar-refractivity contribution is 8.18. The van der Waals surface area contributed by atoms with E-state index >= 15 is 0 Å². The summed E-state index contributed by atoms with van der Waals surface area (Å²) in [6, 6.07) is 9.67. The van der Waals surface area contributed by atoms with Crippen molar-refractivity contribution in [2.75, 3.05) is 5.32 Å². The Hall–Kier alpha value is -3.59. The largest absolute Gasteiger partial charge is 0.508 e. The van der Waals surface area contributed by atoms with Crippen molar-refractivity contribution in [1.82, 2.24) is 4.90 Å². The predicted octanol–water partition coefficient (Wildman–Crippen LogP) is 3.79. The third kappa shape index (κ3) is 4.36. The van der Waals surface area contributed by atoms with Crippen LogP contribution in [0, 0.1) is 0 Å². The van der Waals surface area contributed by atoms with Crippen LogP contribution in [0.5, 0.6) is 5.75 Å². The molecule has 0 unspecified atom stereocenters. The number of nitrogens with one attached hydrogen (secondary N) is 1. The molecule has 0 bridgehead atoms. The van der Waals surface area contributed by atoms with Crippen molar-refractivity contribution < 1.29 is 29.4 Å². The number of carboxylic acid groups (broad SMARTS) is 1. The zero-order chi connectivity index (χ0) is 22.0. The van der Waals surface area contributed by atoms with E-state index in [-0.39, 0.29) is 39.8 Å². The molecule has 0 aliphatic carbocycles. The van der Waals surface area contributed by atoms with Gasteiger partial charge in [0.15, 0.2) is 0 Å². The molecule has 1 saturated heterocycles. The van der Waals surface area contributed by atoms with Gasteiger partial charge in [0.25, 0.3) is 17.1 Å². The van der Waals surface area contributed by atoms with Crippen LogP contribution in [0.2, 0.25) is 0 Å². The minimum absolute atomic E-state index is 0.0525. The minimum atomic E-state index is -1.29. The van der Waals surface area contributed by atoms with Crippen molar-refractivity contribution in [2.24, 2.45) is 0 Å². The molecule has 3 rings (SSSR count). The van der Waals surface area contributed by atoms with Crippen LogP contribution in [-0.4, -0.2) is 44.2 Å². The van der Waals surface area contributed by atoms with Gasteiger partial charge in [0, 0.05) is 11.6 Å². The van der Waals surface area contributed by atoms with Gasteiger partial charge in [-0.15, -0.1) is 0 Å². The number of anilines is 1. The van der Waals surface area contributed by atoms with E-state index in [4.69, 9.17) is 0 Å². The summed E-state index contributed by atoms with van der Waals surface area (Å²) in [6.07, 6.45) is 1.58. The first kappa shape index (κ1) is 21.1. The summed E-state index contributed by atoms with van der Waals surface area (Å²) in [7, 11) is 0. The normalized spacial score (nSPS) is 15.2. The molecule has 3 amide bonds. The second kappa shape index (κ2) is 8.42. The number of carboxylic acids is 1. The number of phenols is 1. The lowest BCUT2D eigenvalue weighted by molar-refractivity contribution is -0.123. The van der Waals surface area contributed by atoms with Crippen LogP contribution in [0.25, 0.3) is 6.08 Å². The number of hydrogen-bond donors (Lipinski definition) is 3. The van der Waals surface area contributed by atoms with E-state index in [9.17, 15) is 29.4 Å². The van der Waals surface area contributed by atoms with Gasteiger partial charge in [0.05, 0.1) is 16.2 Å². The van der Waals surface area contributed by atoms with E-state index in [0.717, 1.165) is 17.8 Å². The highest BCUT2D eigenvalue weighted by atomic mass is 32.2. The molecule has 0 spiro atoms. The average Bonchev–Trinajstić information content (AvgIpc) is 2.96. The Morgan fingerprint density at radius 2 is 1.77 bits per heavy atom. The number of hydrogen-bond acceptors (Lipinski definition) is 6. The maximum absolute atomic E-state index is 12.5. The maximum atomic E-state index is 12.5. The lowest BCUT2D eigenvalue weighted by atomic mass is 10.1. The summed E-state index contributed by atoms with van der Waals surface area (Å²) < 4.78 is 0. The van der Waals surface area contributed by atoms with Crippen molar-refractivity contribution >= 4 is 46.5 Å². The molecule has 1 heterocycles. The summed E-state index contributed by atoms with van der Waals surface area (Å²) in [5.74, 6) is -2.39.